The number of nitrogens with zero attached hydrogens (tertiary/aromatic N) is 2. The highest BCUT2D eigenvalue weighted by atomic mass is 16.4. The first-order valence-corrected chi connectivity index (χ1v) is 7.80. The lowest BCUT2D eigenvalue weighted by atomic mass is 10.1. The van der Waals surface area contributed by atoms with Gasteiger partial charge >= 0.3 is 5.97 Å². The molecule has 0 spiro atoms. The Kier molecular flexibility index (Phi) is 5.76. The summed E-state index contributed by atoms with van der Waals surface area (Å²) in [7, 11) is 0. The number of carbonyl (C=O) groups is 1. The van der Waals surface area contributed by atoms with Gasteiger partial charge in [-0.3, -0.25) is 14.6 Å². The highest BCUT2D eigenvalue weighted by Gasteiger charge is 2.28. The Balaban J connectivity index is 1.97. The maximum atomic E-state index is 11.0. The average molecular weight is 290 g/mol. The standard InChI is InChI=1S/C17H26N2O2/c1-14(2)19(11-15-7-4-3-5-8-15)12-16-9-6-10-18(16)13-17(20)21/h3-5,7-8,14,16H,6,9-13H2,1-2H3,(H,20,21). The molecule has 0 bridgehead atoms. The van der Waals surface area contributed by atoms with Gasteiger partial charge in [-0.25, -0.2) is 0 Å². The molecule has 1 heterocycles. The molecule has 1 atom stereocenters. The van der Waals surface area contributed by atoms with Gasteiger partial charge in [-0.05, 0) is 38.8 Å². The average Bonchev–Trinajstić information content (AvgIpc) is 2.85. The van der Waals surface area contributed by atoms with Crippen molar-refractivity contribution in [3.8, 4) is 0 Å². The van der Waals surface area contributed by atoms with Crippen LogP contribution in [0.3, 0.4) is 0 Å². The zero-order chi connectivity index (χ0) is 15.2. The van der Waals surface area contributed by atoms with E-state index in [4.69, 9.17) is 5.11 Å². The van der Waals surface area contributed by atoms with E-state index in [1.165, 1.54) is 5.56 Å². The van der Waals surface area contributed by atoms with E-state index in [0.29, 0.717) is 12.1 Å². The summed E-state index contributed by atoms with van der Waals surface area (Å²) < 4.78 is 0. The number of hydrogen-bond acceptors (Lipinski definition) is 3. The number of benzene rings is 1. The third-order valence-corrected chi connectivity index (χ3v) is 4.24. The SMILES string of the molecule is CC(C)N(Cc1ccccc1)CC1CCCN1CC(=O)O. The van der Waals surface area contributed by atoms with Crippen LogP contribution in [-0.4, -0.2) is 52.6 Å². The van der Waals surface area contributed by atoms with Crippen molar-refractivity contribution in [2.24, 2.45) is 0 Å². The van der Waals surface area contributed by atoms with E-state index in [0.717, 1.165) is 32.5 Å². The zero-order valence-electron chi connectivity index (χ0n) is 13.0. The molecule has 116 valence electrons. The second-order valence-corrected chi connectivity index (χ2v) is 6.17. The molecule has 1 aliphatic heterocycles. The maximum Gasteiger partial charge on any atom is 0.317 e. The predicted octanol–water partition coefficient (Wildman–Crippen LogP) is 2.45. The molecular formula is C17H26N2O2. The summed E-state index contributed by atoms with van der Waals surface area (Å²) in [6, 6.07) is 11.3. The first-order chi connectivity index (χ1) is 10.1. The summed E-state index contributed by atoms with van der Waals surface area (Å²) in [5, 5.41) is 9.01. The minimum Gasteiger partial charge on any atom is -0.480 e. The molecule has 1 saturated heterocycles. The fraction of sp³-hybridized carbons (Fsp3) is 0.588. The van der Waals surface area contributed by atoms with E-state index in [9.17, 15) is 4.79 Å². The normalized spacial score (nSPS) is 19.5. The third-order valence-electron chi connectivity index (χ3n) is 4.24. The van der Waals surface area contributed by atoms with Gasteiger partial charge in [0.1, 0.15) is 0 Å². The minimum absolute atomic E-state index is 0.169. The van der Waals surface area contributed by atoms with Crippen LogP contribution in [0.5, 0.6) is 0 Å². The summed E-state index contributed by atoms with van der Waals surface area (Å²) in [5.41, 5.74) is 1.31. The van der Waals surface area contributed by atoms with Crippen molar-refractivity contribution in [1.82, 2.24) is 9.80 Å². The highest BCUT2D eigenvalue weighted by molar-refractivity contribution is 5.69. The van der Waals surface area contributed by atoms with Gasteiger partial charge in [0.25, 0.3) is 0 Å². The second kappa shape index (κ2) is 7.57. The highest BCUT2D eigenvalue weighted by Crippen LogP contribution is 2.20. The number of rotatable bonds is 7. The van der Waals surface area contributed by atoms with Crippen molar-refractivity contribution in [2.45, 2.75) is 45.3 Å². The molecule has 1 aliphatic rings. The van der Waals surface area contributed by atoms with Crippen LogP contribution in [-0.2, 0) is 11.3 Å². The lowest BCUT2D eigenvalue weighted by molar-refractivity contribution is -0.138. The molecule has 4 heteroatoms. The molecule has 0 amide bonds. The van der Waals surface area contributed by atoms with Gasteiger partial charge in [0.15, 0.2) is 0 Å². The fourth-order valence-corrected chi connectivity index (χ4v) is 3.03. The Hall–Kier alpha value is -1.39. The lowest BCUT2D eigenvalue weighted by Crippen LogP contribution is -2.44. The van der Waals surface area contributed by atoms with Crippen molar-refractivity contribution < 1.29 is 9.90 Å². The maximum absolute atomic E-state index is 11.0. The molecule has 0 saturated carbocycles. The minimum atomic E-state index is -0.721. The van der Waals surface area contributed by atoms with Crippen LogP contribution in [0.2, 0.25) is 0 Å². The molecule has 1 aromatic carbocycles. The topological polar surface area (TPSA) is 43.8 Å². The first-order valence-electron chi connectivity index (χ1n) is 7.80. The van der Waals surface area contributed by atoms with Gasteiger partial charge in [0.05, 0.1) is 6.54 Å². The molecule has 21 heavy (non-hydrogen) atoms. The van der Waals surface area contributed by atoms with Gasteiger partial charge < -0.3 is 5.11 Å². The summed E-state index contributed by atoms with van der Waals surface area (Å²) in [5.74, 6) is -0.721. The zero-order valence-corrected chi connectivity index (χ0v) is 13.0. The molecule has 1 unspecified atom stereocenters. The number of likely N-dealkylation sites (tertiary alicyclic amines) is 1. The molecular weight excluding hydrogens is 264 g/mol. The van der Waals surface area contributed by atoms with E-state index < -0.39 is 5.97 Å². The Bertz CT molecular complexity index is 447. The van der Waals surface area contributed by atoms with Gasteiger partial charge in [-0.2, -0.15) is 0 Å². The van der Waals surface area contributed by atoms with E-state index >= 15 is 0 Å². The monoisotopic (exact) mass is 290 g/mol. The first kappa shape index (κ1) is 16.0. The number of carboxylic acid groups (broad SMARTS) is 1. The van der Waals surface area contributed by atoms with Gasteiger partial charge in [-0.15, -0.1) is 0 Å². The summed E-state index contributed by atoms with van der Waals surface area (Å²) in [6.45, 7) is 7.37. The van der Waals surface area contributed by atoms with E-state index in [1.54, 1.807) is 0 Å². The second-order valence-electron chi connectivity index (χ2n) is 6.17. The largest absolute Gasteiger partial charge is 0.480 e. The van der Waals surface area contributed by atoms with Crippen LogP contribution in [0.4, 0.5) is 0 Å². The summed E-state index contributed by atoms with van der Waals surface area (Å²) in [4.78, 5) is 15.5. The Morgan fingerprint density at radius 2 is 2.10 bits per heavy atom. The lowest BCUT2D eigenvalue weighted by Gasteiger charge is -2.32. The molecule has 1 fully saturated rings. The Morgan fingerprint density at radius 3 is 2.71 bits per heavy atom. The van der Waals surface area contributed by atoms with Crippen molar-refractivity contribution >= 4 is 5.97 Å². The molecule has 1 N–H and O–H groups in total. The number of hydrogen-bond donors (Lipinski definition) is 1. The fourth-order valence-electron chi connectivity index (χ4n) is 3.03. The van der Waals surface area contributed by atoms with Gasteiger partial charge in [-0.1, -0.05) is 30.3 Å². The van der Waals surface area contributed by atoms with Crippen LogP contribution in [0.1, 0.15) is 32.3 Å². The van der Waals surface area contributed by atoms with E-state index in [-0.39, 0.29) is 6.54 Å². The molecule has 1 aromatic rings. The molecule has 0 aromatic heterocycles. The molecule has 2 rings (SSSR count). The van der Waals surface area contributed by atoms with Crippen molar-refractivity contribution in [3.05, 3.63) is 35.9 Å². The van der Waals surface area contributed by atoms with Crippen LogP contribution in [0, 0.1) is 0 Å². The molecule has 4 nitrogen and oxygen atoms in total. The summed E-state index contributed by atoms with van der Waals surface area (Å²) in [6.07, 6.45) is 2.21. The predicted molar refractivity (Wildman–Crippen MR) is 84.2 cm³/mol. The quantitative estimate of drug-likeness (QED) is 0.837. The Labute approximate surface area is 127 Å². The van der Waals surface area contributed by atoms with E-state index in [1.807, 2.05) is 6.07 Å². The van der Waals surface area contributed by atoms with Crippen LogP contribution in [0.15, 0.2) is 30.3 Å². The van der Waals surface area contributed by atoms with Crippen LogP contribution < -0.4 is 0 Å². The van der Waals surface area contributed by atoms with Crippen molar-refractivity contribution in [1.29, 1.82) is 0 Å². The molecule has 0 aliphatic carbocycles. The number of carboxylic acids is 1. The van der Waals surface area contributed by atoms with Crippen LogP contribution in [0.25, 0.3) is 0 Å². The van der Waals surface area contributed by atoms with Crippen molar-refractivity contribution in [3.63, 3.8) is 0 Å². The number of aliphatic carboxylic acids is 1. The molecule has 0 radical (unpaired) electrons. The Morgan fingerprint density at radius 1 is 1.38 bits per heavy atom. The summed E-state index contributed by atoms with van der Waals surface area (Å²) >= 11 is 0. The van der Waals surface area contributed by atoms with E-state index in [2.05, 4.69) is 47.9 Å². The van der Waals surface area contributed by atoms with Gasteiger partial charge in [0.2, 0.25) is 0 Å². The third kappa shape index (κ3) is 4.83. The van der Waals surface area contributed by atoms with Crippen molar-refractivity contribution in [2.75, 3.05) is 19.6 Å². The smallest absolute Gasteiger partial charge is 0.317 e. The van der Waals surface area contributed by atoms with Gasteiger partial charge in [0, 0.05) is 25.2 Å². The van der Waals surface area contributed by atoms with Crippen LogP contribution >= 0.6 is 0 Å².